The standard InChI is InChI=1S/C13H14Cl4/c1-3-4-5-8(2)6-9-12(16)10(14)7-11(15)13(9)17/h4-5,7-8H,3,6H2,1-2H3/b5-4-. The van der Waals surface area contributed by atoms with Gasteiger partial charge in [-0.15, -0.1) is 0 Å². The fourth-order valence-electron chi connectivity index (χ4n) is 1.56. The van der Waals surface area contributed by atoms with Crippen LogP contribution in [-0.4, -0.2) is 0 Å². The lowest BCUT2D eigenvalue weighted by Crippen LogP contribution is -1.99. The summed E-state index contributed by atoms with van der Waals surface area (Å²) in [4.78, 5) is 0. The van der Waals surface area contributed by atoms with Crippen molar-refractivity contribution >= 4 is 46.4 Å². The van der Waals surface area contributed by atoms with E-state index in [1.54, 1.807) is 6.07 Å². The van der Waals surface area contributed by atoms with Crippen molar-refractivity contribution < 1.29 is 0 Å². The van der Waals surface area contributed by atoms with Crippen molar-refractivity contribution in [2.75, 3.05) is 0 Å². The lowest BCUT2D eigenvalue weighted by atomic mass is 10.0. The quantitative estimate of drug-likeness (QED) is 0.443. The molecule has 0 saturated carbocycles. The summed E-state index contributed by atoms with van der Waals surface area (Å²) >= 11 is 24.3. The second kappa shape index (κ2) is 6.89. The van der Waals surface area contributed by atoms with E-state index in [1.807, 2.05) is 0 Å². The van der Waals surface area contributed by atoms with Crippen LogP contribution in [0.2, 0.25) is 20.1 Å². The molecule has 0 nitrogen and oxygen atoms in total. The van der Waals surface area contributed by atoms with E-state index in [-0.39, 0.29) is 0 Å². The molecule has 1 rings (SSSR count). The summed E-state index contributed by atoms with van der Waals surface area (Å²) in [5.41, 5.74) is 0.819. The van der Waals surface area contributed by atoms with Gasteiger partial charge >= 0.3 is 0 Å². The third-order valence-corrected chi connectivity index (χ3v) is 4.08. The van der Waals surface area contributed by atoms with Gasteiger partial charge in [-0.2, -0.15) is 0 Å². The molecule has 1 aromatic carbocycles. The van der Waals surface area contributed by atoms with Crippen LogP contribution >= 0.6 is 46.4 Å². The Labute approximate surface area is 123 Å². The van der Waals surface area contributed by atoms with Crippen LogP contribution in [0.5, 0.6) is 0 Å². The first kappa shape index (κ1) is 15.2. The van der Waals surface area contributed by atoms with E-state index in [0.717, 1.165) is 18.4 Å². The van der Waals surface area contributed by atoms with Crippen molar-refractivity contribution in [2.24, 2.45) is 5.92 Å². The predicted octanol–water partition coefficient (Wildman–Crippen LogP) is 6.45. The number of rotatable bonds is 4. The summed E-state index contributed by atoms with van der Waals surface area (Å²) in [7, 11) is 0. The molecule has 1 unspecified atom stereocenters. The van der Waals surface area contributed by atoms with Crippen molar-refractivity contribution in [2.45, 2.75) is 26.7 Å². The lowest BCUT2D eigenvalue weighted by Gasteiger charge is -2.13. The van der Waals surface area contributed by atoms with Gasteiger partial charge in [0.2, 0.25) is 0 Å². The fraction of sp³-hybridized carbons (Fsp3) is 0.385. The molecule has 0 aliphatic carbocycles. The van der Waals surface area contributed by atoms with Gasteiger partial charge in [0.1, 0.15) is 0 Å². The van der Waals surface area contributed by atoms with Crippen molar-refractivity contribution in [1.82, 2.24) is 0 Å². The summed E-state index contributed by atoms with van der Waals surface area (Å²) < 4.78 is 0. The van der Waals surface area contributed by atoms with E-state index >= 15 is 0 Å². The van der Waals surface area contributed by atoms with Crippen LogP contribution in [-0.2, 0) is 6.42 Å². The van der Waals surface area contributed by atoms with Crippen LogP contribution in [0, 0.1) is 5.92 Å². The van der Waals surface area contributed by atoms with Gasteiger partial charge in [0.05, 0.1) is 20.1 Å². The Hall–Kier alpha value is 0.120. The summed E-state index contributed by atoms with van der Waals surface area (Å²) in [6.07, 6.45) is 6.01. The van der Waals surface area contributed by atoms with Crippen molar-refractivity contribution in [3.8, 4) is 0 Å². The van der Waals surface area contributed by atoms with Gasteiger partial charge in [0.15, 0.2) is 0 Å². The number of benzene rings is 1. The van der Waals surface area contributed by atoms with E-state index in [4.69, 9.17) is 46.4 Å². The second-order valence-corrected chi connectivity index (χ2v) is 5.53. The first-order chi connectivity index (χ1) is 7.97. The summed E-state index contributed by atoms with van der Waals surface area (Å²) in [6, 6.07) is 1.57. The highest BCUT2D eigenvalue weighted by molar-refractivity contribution is 6.48. The van der Waals surface area contributed by atoms with Crippen LogP contribution in [0.25, 0.3) is 0 Å². The molecule has 1 aromatic rings. The summed E-state index contributed by atoms with van der Waals surface area (Å²) in [5, 5.41) is 1.89. The average Bonchev–Trinajstić information content (AvgIpc) is 2.29. The Kier molecular flexibility index (Phi) is 6.16. The van der Waals surface area contributed by atoms with Gasteiger partial charge < -0.3 is 0 Å². The molecule has 0 radical (unpaired) electrons. The highest BCUT2D eigenvalue weighted by Crippen LogP contribution is 2.38. The molecule has 0 heterocycles. The fourth-order valence-corrected chi connectivity index (χ4v) is 2.56. The maximum Gasteiger partial charge on any atom is 0.0640 e. The molecule has 94 valence electrons. The molecule has 0 aliphatic rings. The Morgan fingerprint density at radius 2 is 1.65 bits per heavy atom. The van der Waals surface area contributed by atoms with Gasteiger partial charge in [0.25, 0.3) is 0 Å². The Bertz CT molecular complexity index is 398. The maximum atomic E-state index is 6.15. The smallest absolute Gasteiger partial charge is 0.0640 e. The topological polar surface area (TPSA) is 0 Å². The SMILES string of the molecule is CC/C=C\C(C)Cc1c(Cl)c(Cl)cc(Cl)c1Cl. The van der Waals surface area contributed by atoms with E-state index in [1.165, 1.54) is 0 Å². The highest BCUT2D eigenvalue weighted by atomic mass is 35.5. The molecule has 1 atom stereocenters. The maximum absolute atomic E-state index is 6.15. The molecule has 0 spiro atoms. The summed E-state index contributed by atoms with van der Waals surface area (Å²) in [5.74, 6) is 0.347. The third kappa shape index (κ3) is 4.06. The van der Waals surface area contributed by atoms with Gasteiger partial charge in [-0.25, -0.2) is 0 Å². The minimum absolute atomic E-state index is 0.347. The van der Waals surface area contributed by atoms with Crippen LogP contribution in [0.1, 0.15) is 25.8 Å². The number of allylic oxidation sites excluding steroid dienone is 2. The zero-order valence-corrected chi connectivity index (χ0v) is 12.8. The largest absolute Gasteiger partial charge is 0.0885 e. The van der Waals surface area contributed by atoms with E-state index in [9.17, 15) is 0 Å². The zero-order valence-electron chi connectivity index (χ0n) is 9.74. The van der Waals surface area contributed by atoms with Gasteiger partial charge in [-0.05, 0) is 30.4 Å². The predicted molar refractivity (Wildman–Crippen MR) is 78.8 cm³/mol. The van der Waals surface area contributed by atoms with Gasteiger partial charge in [-0.1, -0.05) is 72.4 Å². The molecular weight excluding hydrogens is 298 g/mol. The first-order valence-corrected chi connectivity index (χ1v) is 6.97. The molecule has 0 fully saturated rings. The molecule has 0 aromatic heterocycles. The summed E-state index contributed by atoms with van der Waals surface area (Å²) in [6.45, 7) is 4.20. The minimum Gasteiger partial charge on any atom is -0.0885 e. The van der Waals surface area contributed by atoms with Crippen molar-refractivity contribution in [3.05, 3.63) is 43.9 Å². The number of hydrogen-bond acceptors (Lipinski definition) is 0. The molecule has 0 amide bonds. The minimum atomic E-state index is 0.347. The van der Waals surface area contributed by atoms with Crippen LogP contribution in [0.3, 0.4) is 0 Å². The third-order valence-electron chi connectivity index (χ3n) is 2.43. The molecule has 0 saturated heterocycles. The lowest BCUT2D eigenvalue weighted by molar-refractivity contribution is 0.721. The van der Waals surface area contributed by atoms with Crippen LogP contribution < -0.4 is 0 Å². The van der Waals surface area contributed by atoms with Crippen molar-refractivity contribution in [1.29, 1.82) is 0 Å². The van der Waals surface area contributed by atoms with E-state index in [0.29, 0.717) is 26.0 Å². The number of halogens is 4. The molecule has 4 heteroatoms. The Morgan fingerprint density at radius 3 is 2.12 bits per heavy atom. The highest BCUT2D eigenvalue weighted by Gasteiger charge is 2.15. The van der Waals surface area contributed by atoms with Gasteiger partial charge in [0, 0.05) is 0 Å². The van der Waals surface area contributed by atoms with Gasteiger partial charge in [-0.3, -0.25) is 0 Å². The molecular formula is C13H14Cl4. The normalized spacial score (nSPS) is 13.3. The average molecular weight is 312 g/mol. The monoisotopic (exact) mass is 310 g/mol. The number of hydrogen-bond donors (Lipinski definition) is 0. The second-order valence-electron chi connectivity index (χ2n) is 3.96. The Morgan fingerprint density at radius 1 is 1.12 bits per heavy atom. The van der Waals surface area contributed by atoms with Crippen LogP contribution in [0.4, 0.5) is 0 Å². The van der Waals surface area contributed by atoms with E-state index < -0.39 is 0 Å². The molecule has 0 aliphatic heterocycles. The molecule has 0 bridgehead atoms. The Balaban J connectivity index is 3.01. The van der Waals surface area contributed by atoms with Crippen LogP contribution in [0.15, 0.2) is 18.2 Å². The van der Waals surface area contributed by atoms with E-state index in [2.05, 4.69) is 26.0 Å². The molecule has 17 heavy (non-hydrogen) atoms. The first-order valence-electron chi connectivity index (χ1n) is 5.45. The molecule has 0 N–H and O–H groups in total. The van der Waals surface area contributed by atoms with Crippen molar-refractivity contribution in [3.63, 3.8) is 0 Å². The zero-order chi connectivity index (χ0) is 13.0.